The van der Waals surface area contributed by atoms with Crippen LogP contribution in [0.15, 0.2) is 0 Å². The van der Waals surface area contributed by atoms with Gasteiger partial charge in [0.1, 0.15) is 0 Å². The maximum Gasteiger partial charge on any atom is 0.523 e. The lowest BCUT2D eigenvalue weighted by molar-refractivity contribution is -0.0578. The predicted octanol–water partition coefficient (Wildman–Crippen LogP) is 3.06. The van der Waals surface area contributed by atoms with Crippen molar-refractivity contribution in [3.8, 4) is 0 Å². The molecule has 0 saturated carbocycles. The van der Waals surface area contributed by atoms with Gasteiger partial charge in [0.2, 0.25) is 0 Å². The van der Waals surface area contributed by atoms with Gasteiger partial charge in [-0.2, -0.15) is 43.2 Å². The van der Waals surface area contributed by atoms with Gasteiger partial charge in [0.05, 0.1) is 12.2 Å². The van der Waals surface area contributed by atoms with E-state index >= 15 is 0 Å². The SMILES string of the molecule is CC(CCCCC(C)OS(=O)(=O)C(F)(F)F)OS(=O)(=O)C(F)(F)F. The summed E-state index contributed by atoms with van der Waals surface area (Å²) in [5.74, 6) is 0. The molecule has 0 saturated heterocycles. The van der Waals surface area contributed by atoms with Crippen LogP contribution in [0.3, 0.4) is 0 Å². The molecule has 24 heavy (non-hydrogen) atoms. The van der Waals surface area contributed by atoms with Crippen LogP contribution in [0, 0.1) is 0 Å². The van der Waals surface area contributed by atoms with Gasteiger partial charge in [-0.05, 0) is 26.7 Å². The summed E-state index contributed by atoms with van der Waals surface area (Å²) in [6.07, 6.45) is -2.68. The first kappa shape index (κ1) is 23.4. The predicted molar refractivity (Wildman–Crippen MR) is 69.5 cm³/mol. The van der Waals surface area contributed by atoms with Gasteiger partial charge in [-0.1, -0.05) is 12.8 Å². The first-order valence-electron chi connectivity index (χ1n) is 6.48. The lowest BCUT2D eigenvalue weighted by Gasteiger charge is -2.16. The topological polar surface area (TPSA) is 86.7 Å². The summed E-state index contributed by atoms with van der Waals surface area (Å²) in [4.78, 5) is 0. The summed E-state index contributed by atoms with van der Waals surface area (Å²) < 4.78 is 123. The van der Waals surface area contributed by atoms with E-state index in [0.717, 1.165) is 13.8 Å². The summed E-state index contributed by atoms with van der Waals surface area (Å²) in [5, 5.41) is 0. The molecule has 146 valence electrons. The van der Waals surface area contributed by atoms with Crippen molar-refractivity contribution >= 4 is 20.2 Å². The van der Waals surface area contributed by atoms with E-state index in [4.69, 9.17) is 0 Å². The molecule has 0 amide bonds. The quantitative estimate of drug-likeness (QED) is 0.251. The van der Waals surface area contributed by atoms with E-state index in [1.54, 1.807) is 0 Å². The van der Waals surface area contributed by atoms with Crippen molar-refractivity contribution in [3.05, 3.63) is 0 Å². The molecule has 6 nitrogen and oxygen atoms in total. The van der Waals surface area contributed by atoms with Gasteiger partial charge in [0, 0.05) is 0 Å². The number of rotatable bonds is 9. The Morgan fingerprint density at radius 1 is 0.708 bits per heavy atom. The van der Waals surface area contributed by atoms with E-state index in [1.165, 1.54) is 0 Å². The van der Waals surface area contributed by atoms with Crippen molar-refractivity contribution in [1.29, 1.82) is 0 Å². The molecule has 0 aliphatic rings. The number of unbranched alkanes of at least 4 members (excludes halogenated alkanes) is 1. The van der Waals surface area contributed by atoms with Gasteiger partial charge in [-0.15, -0.1) is 0 Å². The molecule has 0 heterocycles. The third kappa shape index (κ3) is 7.53. The highest BCUT2D eigenvalue weighted by Gasteiger charge is 2.48. The molecule has 2 unspecified atom stereocenters. The minimum absolute atomic E-state index is 0.0916. The van der Waals surface area contributed by atoms with Crippen molar-refractivity contribution in [3.63, 3.8) is 0 Å². The van der Waals surface area contributed by atoms with Crippen molar-refractivity contribution in [1.82, 2.24) is 0 Å². The van der Waals surface area contributed by atoms with Crippen molar-refractivity contribution in [2.75, 3.05) is 0 Å². The summed E-state index contributed by atoms with van der Waals surface area (Å²) in [6.45, 7) is 2.16. The molecule has 0 aromatic heterocycles. The number of hydrogen-bond acceptors (Lipinski definition) is 6. The summed E-state index contributed by atoms with van der Waals surface area (Å²) >= 11 is 0. The van der Waals surface area contributed by atoms with Gasteiger partial charge in [-0.3, -0.25) is 8.37 Å². The fourth-order valence-electron chi connectivity index (χ4n) is 1.50. The summed E-state index contributed by atoms with van der Waals surface area (Å²) in [6, 6.07) is 0. The van der Waals surface area contributed by atoms with Crippen molar-refractivity contribution < 1.29 is 51.5 Å². The molecule has 0 aromatic rings. The summed E-state index contributed by atoms with van der Waals surface area (Å²) in [5.41, 5.74) is -11.1. The van der Waals surface area contributed by atoms with Crippen LogP contribution < -0.4 is 0 Å². The van der Waals surface area contributed by atoms with E-state index < -0.39 is 43.5 Å². The van der Waals surface area contributed by atoms with E-state index in [1.807, 2.05) is 0 Å². The Balaban J connectivity index is 4.23. The molecule has 0 fully saturated rings. The van der Waals surface area contributed by atoms with E-state index in [2.05, 4.69) is 8.37 Å². The zero-order valence-corrected chi connectivity index (χ0v) is 14.1. The van der Waals surface area contributed by atoms with E-state index in [-0.39, 0.29) is 25.7 Å². The molecule has 14 heteroatoms. The molecule has 0 spiro atoms. The normalized spacial score (nSPS) is 16.8. The van der Waals surface area contributed by atoms with Crippen LogP contribution in [0.4, 0.5) is 26.3 Å². The Morgan fingerprint density at radius 2 is 0.958 bits per heavy atom. The molecule has 0 radical (unpaired) electrons. The highest BCUT2D eigenvalue weighted by Crippen LogP contribution is 2.28. The van der Waals surface area contributed by atoms with Crippen molar-refractivity contribution in [2.24, 2.45) is 0 Å². The van der Waals surface area contributed by atoms with Crippen LogP contribution in [0.2, 0.25) is 0 Å². The lowest BCUT2D eigenvalue weighted by atomic mass is 10.1. The van der Waals surface area contributed by atoms with Crippen LogP contribution in [-0.2, 0) is 28.6 Å². The highest BCUT2D eigenvalue weighted by molar-refractivity contribution is 7.87. The number of hydrogen-bond donors (Lipinski definition) is 0. The zero-order chi connectivity index (χ0) is 19.4. The van der Waals surface area contributed by atoms with Crippen LogP contribution in [0.25, 0.3) is 0 Å². The third-order valence-corrected chi connectivity index (χ3v) is 4.92. The Bertz CT molecular complexity index is 540. The van der Waals surface area contributed by atoms with Gasteiger partial charge in [0.25, 0.3) is 0 Å². The Labute approximate surface area is 135 Å². The first-order chi connectivity index (χ1) is 10.5. The molecule has 0 aliphatic heterocycles. The second-order valence-corrected chi connectivity index (χ2v) is 8.03. The second-order valence-electron chi connectivity index (χ2n) is 4.90. The molecule has 0 aromatic carbocycles. The minimum atomic E-state index is -5.72. The second kappa shape index (κ2) is 8.19. The molecular formula is C10H16F6O6S2. The number of alkyl halides is 6. The zero-order valence-electron chi connectivity index (χ0n) is 12.5. The van der Waals surface area contributed by atoms with Crippen LogP contribution in [0.5, 0.6) is 0 Å². The Hall–Kier alpha value is -0.600. The first-order valence-corrected chi connectivity index (χ1v) is 9.30. The average Bonchev–Trinajstić information content (AvgIpc) is 2.30. The van der Waals surface area contributed by atoms with Gasteiger partial charge < -0.3 is 0 Å². The van der Waals surface area contributed by atoms with Crippen molar-refractivity contribution in [2.45, 2.75) is 62.8 Å². The smallest absolute Gasteiger partial charge is 0.260 e. The maximum atomic E-state index is 12.1. The van der Waals surface area contributed by atoms with Gasteiger partial charge >= 0.3 is 31.3 Å². The molecular weight excluding hydrogens is 394 g/mol. The average molecular weight is 410 g/mol. The van der Waals surface area contributed by atoms with Crippen LogP contribution in [-0.4, -0.2) is 40.1 Å². The Kier molecular flexibility index (Phi) is 7.98. The molecule has 0 aliphatic carbocycles. The maximum absolute atomic E-state index is 12.1. The van der Waals surface area contributed by atoms with Crippen LogP contribution in [0.1, 0.15) is 39.5 Å². The molecule has 0 rings (SSSR count). The monoisotopic (exact) mass is 410 g/mol. The van der Waals surface area contributed by atoms with Gasteiger partial charge in [-0.25, -0.2) is 0 Å². The summed E-state index contributed by atoms with van der Waals surface area (Å²) in [7, 11) is -11.4. The lowest BCUT2D eigenvalue weighted by Crippen LogP contribution is -2.29. The fourth-order valence-corrected chi connectivity index (χ4v) is 2.78. The highest BCUT2D eigenvalue weighted by atomic mass is 32.2. The van der Waals surface area contributed by atoms with E-state index in [0.29, 0.717) is 0 Å². The molecule has 0 N–H and O–H groups in total. The fraction of sp³-hybridized carbons (Fsp3) is 1.00. The number of halogens is 6. The molecule has 0 bridgehead atoms. The van der Waals surface area contributed by atoms with Gasteiger partial charge in [0.15, 0.2) is 0 Å². The van der Waals surface area contributed by atoms with Crippen LogP contribution >= 0.6 is 0 Å². The minimum Gasteiger partial charge on any atom is -0.260 e. The molecule has 2 atom stereocenters. The Morgan fingerprint density at radius 3 is 1.17 bits per heavy atom. The standard InChI is InChI=1S/C10H16F6O6S2/c1-7(21-23(17,18)9(11,12)13)5-3-4-6-8(2)22-24(19,20)10(14,15)16/h7-8H,3-6H2,1-2H3. The third-order valence-electron chi connectivity index (χ3n) is 2.62. The largest absolute Gasteiger partial charge is 0.523 e. The van der Waals surface area contributed by atoms with E-state index in [9.17, 15) is 43.2 Å².